The lowest BCUT2D eigenvalue weighted by Crippen LogP contribution is -2.28. The lowest BCUT2D eigenvalue weighted by molar-refractivity contribution is 0.0948. The van der Waals surface area contributed by atoms with Crippen LogP contribution in [0.1, 0.15) is 15.9 Å². The largest absolute Gasteiger partial charge is 0.492 e. The average Bonchev–Trinajstić information content (AvgIpc) is 2.44. The van der Waals surface area contributed by atoms with E-state index in [1.54, 1.807) is 12.1 Å². The zero-order valence-electron chi connectivity index (χ0n) is 11.4. The van der Waals surface area contributed by atoms with Gasteiger partial charge >= 0.3 is 0 Å². The summed E-state index contributed by atoms with van der Waals surface area (Å²) >= 11 is 0. The van der Waals surface area contributed by atoms with E-state index in [-0.39, 0.29) is 5.91 Å². The molecule has 2 rings (SSSR count). The zero-order chi connectivity index (χ0) is 14.4. The summed E-state index contributed by atoms with van der Waals surface area (Å²) in [5.74, 6) is 0.607. The number of rotatable bonds is 5. The Morgan fingerprint density at radius 1 is 1.20 bits per heavy atom. The summed E-state index contributed by atoms with van der Waals surface area (Å²) in [6, 6.07) is 14.9. The van der Waals surface area contributed by atoms with Crippen molar-refractivity contribution < 1.29 is 9.53 Å². The third-order valence-electron chi connectivity index (χ3n) is 2.85. The number of carbonyl (C=O) groups excluding carboxylic acids is 1. The van der Waals surface area contributed by atoms with Crippen LogP contribution in [0.15, 0.2) is 48.5 Å². The molecule has 0 aliphatic rings. The highest BCUT2D eigenvalue weighted by Gasteiger charge is 2.08. The molecule has 0 saturated heterocycles. The van der Waals surface area contributed by atoms with Crippen LogP contribution < -0.4 is 15.8 Å². The molecule has 0 bridgehead atoms. The Hall–Kier alpha value is -2.49. The lowest BCUT2D eigenvalue weighted by Gasteiger charge is -2.09. The summed E-state index contributed by atoms with van der Waals surface area (Å²) in [6.45, 7) is 2.79. The first-order valence-electron chi connectivity index (χ1n) is 6.49. The van der Waals surface area contributed by atoms with Gasteiger partial charge in [0.1, 0.15) is 12.4 Å². The smallest absolute Gasteiger partial charge is 0.253 e. The van der Waals surface area contributed by atoms with Gasteiger partial charge in [-0.25, -0.2) is 0 Å². The van der Waals surface area contributed by atoms with Crippen LogP contribution in [0.25, 0.3) is 0 Å². The summed E-state index contributed by atoms with van der Waals surface area (Å²) < 4.78 is 5.50. The van der Waals surface area contributed by atoms with E-state index in [0.29, 0.717) is 24.4 Å². The summed E-state index contributed by atoms with van der Waals surface area (Å²) in [5, 5.41) is 2.79. The Balaban J connectivity index is 1.80. The fourth-order valence-electron chi connectivity index (χ4n) is 1.83. The highest BCUT2D eigenvalue weighted by atomic mass is 16.5. The number of amides is 1. The van der Waals surface area contributed by atoms with E-state index in [1.807, 2.05) is 43.3 Å². The van der Waals surface area contributed by atoms with E-state index in [1.165, 1.54) is 0 Å². The minimum Gasteiger partial charge on any atom is -0.492 e. The van der Waals surface area contributed by atoms with E-state index < -0.39 is 0 Å². The van der Waals surface area contributed by atoms with Crippen molar-refractivity contribution in [3.05, 3.63) is 59.7 Å². The van der Waals surface area contributed by atoms with E-state index in [0.717, 1.165) is 11.3 Å². The first kappa shape index (κ1) is 13.9. The summed E-state index contributed by atoms with van der Waals surface area (Å²) in [4.78, 5) is 11.9. The van der Waals surface area contributed by atoms with Gasteiger partial charge in [0.25, 0.3) is 5.91 Å². The highest BCUT2D eigenvalue weighted by Crippen LogP contribution is 2.13. The van der Waals surface area contributed by atoms with Crippen molar-refractivity contribution in [1.29, 1.82) is 0 Å². The van der Waals surface area contributed by atoms with Crippen molar-refractivity contribution in [1.82, 2.24) is 5.32 Å². The molecule has 104 valence electrons. The number of hydrogen-bond acceptors (Lipinski definition) is 3. The molecular formula is C16H18N2O2. The Kier molecular flexibility index (Phi) is 4.60. The molecular weight excluding hydrogens is 252 g/mol. The van der Waals surface area contributed by atoms with E-state index >= 15 is 0 Å². The Morgan fingerprint density at radius 3 is 2.65 bits per heavy atom. The molecule has 0 radical (unpaired) electrons. The number of ether oxygens (including phenoxy) is 1. The molecule has 3 N–H and O–H groups in total. The summed E-state index contributed by atoms with van der Waals surface area (Å²) in [6.07, 6.45) is 0. The first-order chi connectivity index (χ1) is 9.66. The first-order valence-corrected chi connectivity index (χ1v) is 6.49. The van der Waals surface area contributed by atoms with Crippen molar-refractivity contribution in [2.75, 3.05) is 18.9 Å². The molecule has 0 fully saturated rings. The maximum atomic E-state index is 11.9. The van der Waals surface area contributed by atoms with Gasteiger partial charge in [-0.05, 0) is 36.8 Å². The standard InChI is InChI=1S/C16H18N2O2/c1-12-7-8-14(15(17)11-12)16(19)18-9-10-20-13-5-3-2-4-6-13/h2-8,11H,9-10,17H2,1H3,(H,18,19). The average molecular weight is 270 g/mol. The molecule has 0 unspecified atom stereocenters. The number of anilines is 1. The summed E-state index contributed by atoms with van der Waals surface area (Å²) in [7, 11) is 0. The van der Waals surface area contributed by atoms with Crippen LogP contribution >= 0.6 is 0 Å². The third-order valence-corrected chi connectivity index (χ3v) is 2.85. The Morgan fingerprint density at radius 2 is 1.95 bits per heavy atom. The molecule has 0 heterocycles. The molecule has 0 saturated carbocycles. The van der Waals surface area contributed by atoms with Gasteiger partial charge in [-0.15, -0.1) is 0 Å². The number of para-hydroxylation sites is 1. The van der Waals surface area contributed by atoms with Crippen molar-refractivity contribution >= 4 is 11.6 Å². The van der Waals surface area contributed by atoms with Gasteiger partial charge in [0.2, 0.25) is 0 Å². The van der Waals surface area contributed by atoms with Crippen LogP contribution in [0, 0.1) is 6.92 Å². The van der Waals surface area contributed by atoms with Gasteiger partial charge in [-0.1, -0.05) is 24.3 Å². The highest BCUT2D eigenvalue weighted by molar-refractivity contribution is 5.99. The number of nitrogens with one attached hydrogen (secondary N) is 1. The third kappa shape index (κ3) is 3.75. The quantitative estimate of drug-likeness (QED) is 0.647. The van der Waals surface area contributed by atoms with Gasteiger partial charge in [0.15, 0.2) is 0 Å². The van der Waals surface area contributed by atoms with Crippen molar-refractivity contribution in [3.63, 3.8) is 0 Å². The number of nitrogen functional groups attached to an aromatic ring is 1. The molecule has 0 atom stereocenters. The van der Waals surface area contributed by atoms with Crippen molar-refractivity contribution in [2.45, 2.75) is 6.92 Å². The SMILES string of the molecule is Cc1ccc(C(=O)NCCOc2ccccc2)c(N)c1. The van der Waals surface area contributed by atoms with E-state index in [9.17, 15) is 4.79 Å². The minimum absolute atomic E-state index is 0.181. The van der Waals surface area contributed by atoms with E-state index in [2.05, 4.69) is 5.32 Å². The van der Waals surface area contributed by atoms with Gasteiger partial charge in [0, 0.05) is 5.69 Å². The molecule has 0 spiro atoms. The second-order valence-electron chi connectivity index (χ2n) is 4.51. The van der Waals surface area contributed by atoms with Crippen LogP contribution in [0.5, 0.6) is 5.75 Å². The lowest BCUT2D eigenvalue weighted by atomic mass is 10.1. The number of aryl methyl sites for hydroxylation is 1. The topological polar surface area (TPSA) is 64.3 Å². The van der Waals surface area contributed by atoms with Gasteiger partial charge in [-0.2, -0.15) is 0 Å². The molecule has 4 nitrogen and oxygen atoms in total. The predicted molar refractivity (Wildman–Crippen MR) is 79.9 cm³/mol. The van der Waals surface area contributed by atoms with Crippen LogP contribution in [0.3, 0.4) is 0 Å². The molecule has 1 amide bonds. The van der Waals surface area contributed by atoms with Gasteiger partial charge in [0.05, 0.1) is 12.1 Å². The number of hydrogen-bond donors (Lipinski definition) is 2. The van der Waals surface area contributed by atoms with Crippen molar-refractivity contribution in [2.24, 2.45) is 0 Å². The predicted octanol–water partition coefficient (Wildman–Crippen LogP) is 2.39. The second-order valence-corrected chi connectivity index (χ2v) is 4.51. The molecule has 20 heavy (non-hydrogen) atoms. The number of nitrogens with two attached hydrogens (primary N) is 1. The number of benzene rings is 2. The normalized spacial score (nSPS) is 10.1. The Bertz CT molecular complexity index is 582. The summed E-state index contributed by atoms with van der Waals surface area (Å²) in [5.41, 5.74) is 7.85. The van der Waals surface area contributed by atoms with Crippen LogP contribution in [-0.2, 0) is 0 Å². The van der Waals surface area contributed by atoms with Crippen LogP contribution in [-0.4, -0.2) is 19.1 Å². The van der Waals surface area contributed by atoms with Crippen LogP contribution in [0.2, 0.25) is 0 Å². The second kappa shape index (κ2) is 6.61. The molecule has 0 aromatic heterocycles. The van der Waals surface area contributed by atoms with Crippen molar-refractivity contribution in [3.8, 4) is 5.75 Å². The van der Waals surface area contributed by atoms with Gasteiger partial charge < -0.3 is 15.8 Å². The minimum atomic E-state index is -0.181. The molecule has 0 aliphatic carbocycles. The van der Waals surface area contributed by atoms with E-state index in [4.69, 9.17) is 10.5 Å². The monoisotopic (exact) mass is 270 g/mol. The zero-order valence-corrected chi connectivity index (χ0v) is 11.4. The molecule has 0 aliphatic heterocycles. The molecule has 4 heteroatoms. The Labute approximate surface area is 118 Å². The maximum Gasteiger partial charge on any atom is 0.253 e. The van der Waals surface area contributed by atoms with Crippen LogP contribution in [0.4, 0.5) is 5.69 Å². The molecule has 2 aromatic rings. The fourth-order valence-corrected chi connectivity index (χ4v) is 1.83. The fraction of sp³-hybridized carbons (Fsp3) is 0.188. The maximum absolute atomic E-state index is 11.9. The number of carbonyl (C=O) groups is 1. The molecule has 2 aromatic carbocycles. The van der Waals surface area contributed by atoms with Gasteiger partial charge in [-0.3, -0.25) is 4.79 Å².